The van der Waals surface area contributed by atoms with Crippen molar-refractivity contribution >= 4 is 34.8 Å². The predicted octanol–water partition coefficient (Wildman–Crippen LogP) is 4.97. The highest BCUT2D eigenvalue weighted by Crippen LogP contribution is 2.35. The molecule has 0 spiro atoms. The molecule has 1 heterocycles. The molecule has 2 aromatic carbocycles. The molecule has 1 aliphatic heterocycles. The molecule has 1 aliphatic rings. The van der Waals surface area contributed by atoms with E-state index in [1.54, 1.807) is 4.90 Å². The maximum absolute atomic E-state index is 12.9. The lowest BCUT2D eigenvalue weighted by Crippen LogP contribution is -2.28. The van der Waals surface area contributed by atoms with Crippen LogP contribution in [0.25, 0.3) is 0 Å². The molecule has 0 aromatic heterocycles. The maximum atomic E-state index is 12.9. The highest BCUT2D eigenvalue weighted by molar-refractivity contribution is 6.33. The van der Waals surface area contributed by atoms with Crippen LogP contribution in [0.2, 0.25) is 5.02 Å². The summed E-state index contributed by atoms with van der Waals surface area (Å²) in [6, 6.07) is 8.42. The lowest BCUT2D eigenvalue weighted by atomic mass is 10.1. The van der Waals surface area contributed by atoms with Crippen molar-refractivity contribution in [1.82, 2.24) is 0 Å². The van der Waals surface area contributed by atoms with Gasteiger partial charge in [-0.3, -0.25) is 9.59 Å². The molecule has 0 unspecified atom stereocenters. The minimum atomic E-state index is -4.55. The van der Waals surface area contributed by atoms with Gasteiger partial charge in [0.05, 0.1) is 22.2 Å². The second-order valence-electron chi connectivity index (χ2n) is 6.88. The Balaban J connectivity index is 1.78. The van der Waals surface area contributed by atoms with Gasteiger partial charge in [0.15, 0.2) is 0 Å². The summed E-state index contributed by atoms with van der Waals surface area (Å²) < 4.78 is 38.7. The molecule has 8 heteroatoms. The number of carbonyl (C=O) groups is 2. The molecule has 1 atom stereocenters. The first-order valence-electron chi connectivity index (χ1n) is 8.61. The van der Waals surface area contributed by atoms with Crippen molar-refractivity contribution in [3.8, 4) is 0 Å². The molecule has 4 nitrogen and oxygen atoms in total. The van der Waals surface area contributed by atoms with Crippen LogP contribution in [0.15, 0.2) is 36.4 Å². The number of anilines is 2. The first kappa shape index (κ1) is 20.2. The van der Waals surface area contributed by atoms with Crippen LogP contribution in [0, 0.1) is 19.8 Å². The molecule has 0 bridgehead atoms. The topological polar surface area (TPSA) is 49.4 Å². The van der Waals surface area contributed by atoms with Crippen molar-refractivity contribution in [2.75, 3.05) is 16.8 Å². The van der Waals surface area contributed by atoms with E-state index in [9.17, 15) is 22.8 Å². The van der Waals surface area contributed by atoms with Crippen molar-refractivity contribution in [2.45, 2.75) is 26.4 Å². The van der Waals surface area contributed by atoms with Crippen molar-refractivity contribution in [3.63, 3.8) is 0 Å². The van der Waals surface area contributed by atoms with Crippen LogP contribution in [0.3, 0.4) is 0 Å². The largest absolute Gasteiger partial charge is 0.416 e. The molecule has 2 aromatic rings. The van der Waals surface area contributed by atoms with E-state index < -0.39 is 23.6 Å². The number of amides is 2. The third kappa shape index (κ3) is 4.14. The predicted molar refractivity (Wildman–Crippen MR) is 101 cm³/mol. The molecular weight excluding hydrogens is 393 g/mol. The number of alkyl halides is 3. The molecule has 2 amide bonds. The Morgan fingerprint density at radius 2 is 1.89 bits per heavy atom. The zero-order valence-corrected chi connectivity index (χ0v) is 16.0. The number of nitrogens with one attached hydrogen (secondary N) is 1. The summed E-state index contributed by atoms with van der Waals surface area (Å²) in [7, 11) is 0. The van der Waals surface area contributed by atoms with Crippen LogP contribution in [0.4, 0.5) is 24.5 Å². The molecule has 28 heavy (non-hydrogen) atoms. The summed E-state index contributed by atoms with van der Waals surface area (Å²) in [6.45, 7) is 3.94. The average Bonchev–Trinajstić information content (AvgIpc) is 2.99. The summed E-state index contributed by atoms with van der Waals surface area (Å²) in [4.78, 5) is 26.5. The first-order valence-corrected chi connectivity index (χ1v) is 8.99. The van der Waals surface area contributed by atoms with E-state index in [1.807, 2.05) is 32.0 Å². The standard InChI is InChI=1S/C20H18ClF3N2O2/c1-11-3-4-12(2)17(7-11)26-10-13(8-18(26)27)19(28)25-16-9-14(20(22,23)24)5-6-15(16)21/h3-7,9,13H,8,10H2,1-2H3,(H,25,28)/t13-/m0/s1. The van der Waals surface area contributed by atoms with E-state index in [1.165, 1.54) is 0 Å². The zero-order chi connectivity index (χ0) is 20.6. The van der Waals surface area contributed by atoms with Gasteiger partial charge in [0, 0.05) is 18.7 Å². The summed E-state index contributed by atoms with van der Waals surface area (Å²) in [5, 5.41) is 2.43. The summed E-state index contributed by atoms with van der Waals surface area (Å²) in [5.41, 5.74) is 1.58. The van der Waals surface area contributed by atoms with E-state index in [-0.39, 0.29) is 29.6 Å². The van der Waals surface area contributed by atoms with Gasteiger partial charge >= 0.3 is 6.18 Å². The Hall–Kier alpha value is -2.54. The molecule has 0 radical (unpaired) electrons. The first-order chi connectivity index (χ1) is 13.1. The number of hydrogen-bond acceptors (Lipinski definition) is 2. The highest BCUT2D eigenvalue weighted by atomic mass is 35.5. The van der Waals surface area contributed by atoms with Crippen LogP contribution < -0.4 is 10.2 Å². The molecule has 0 aliphatic carbocycles. The minimum absolute atomic E-state index is 0.00272. The number of hydrogen-bond donors (Lipinski definition) is 1. The third-order valence-electron chi connectivity index (χ3n) is 4.70. The SMILES string of the molecule is Cc1ccc(C)c(N2C[C@@H](C(=O)Nc3cc(C(F)(F)F)ccc3Cl)CC2=O)c1. The van der Waals surface area contributed by atoms with Gasteiger partial charge < -0.3 is 10.2 Å². The number of halogens is 4. The van der Waals surface area contributed by atoms with Crippen molar-refractivity contribution in [1.29, 1.82) is 0 Å². The third-order valence-corrected chi connectivity index (χ3v) is 5.03. The molecule has 148 valence electrons. The highest BCUT2D eigenvalue weighted by Gasteiger charge is 2.36. The van der Waals surface area contributed by atoms with Crippen LogP contribution >= 0.6 is 11.6 Å². The van der Waals surface area contributed by atoms with E-state index >= 15 is 0 Å². The zero-order valence-electron chi connectivity index (χ0n) is 15.2. The quantitative estimate of drug-likeness (QED) is 0.776. The fraction of sp³-hybridized carbons (Fsp3) is 0.300. The molecular formula is C20H18ClF3N2O2. The van der Waals surface area contributed by atoms with E-state index in [4.69, 9.17) is 11.6 Å². The van der Waals surface area contributed by atoms with Gasteiger partial charge in [-0.2, -0.15) is 13.2 Å². The van der Waals surface area contributed by atoms with Crippen molar-refractivity contribution in [2.24, 2.45) is 5.92 Å². The lowest BCUT2D eigenvalue weighted by molar-refractivity contribution is -0.137. The second-order valence-corrected chi connectivity index (χ2v) is 7.28. The summed E-state index contributed by atoms with van der Waals surface area (Å²) in [6.07, 6.45) is -4.57. The maximum Gasteiger partial charge on any atom is 0.416 e. The van der Waals surface area contributed by atoms with Gasteiger partial charge in [-0.05, 0) is 49.2 Å². The van der Waals surface area contributed by atoms with E-state index in [2.05, 4.69) is 5.32 Å². The van der Waals surface area contributed by atoms with Crippen LogP contribution in [-0.4, -0.2) is 18.4 Å². The van der Waals surface area contributed by atoms with Gasteiger partial charge in [0.1, 0.15) is 0 Å². The second kappa shape index (κ2) is 7.47. The number of rotatable bonds is 3. The van der Waals surface area contributed by atoms with E-state index in [0.29, 0.717) is 0 Å². The Kier molecular flexibility index (Phi) is 5.39. The van der Waals surface area contributed by atoms with Crippen LogP contribution in [0.1, 0.15) is 23.1 Å². The Morgan fingerprint density at radius 1 is 1.18 bits per heavy atom. The molecule has 1 N–H and O–H groups in total. The Bertz CT molecular complexity index is 944. The normalized spacial score (nSPS) is 17.1. The van der Waals surface area contributed by atoms with Gasteiger partial charge in [-0.1, -0.05) is 23.7 Å². The van der Waals surface area contributed by atoms with Crippen LogP contribution in [0.5, 0.6) is 0 Å². The van der Waals surface area contributed by atoms with Gasteiger partial charge in [-0.15, -0.1) is 0 Å². The molecule has 0 saturated carbocycles. The smallest absolute Gasteiger partial charge is 0.324 e. The van der Waals surface area contributed by atoms with Crippen molar-refractivity contribution in [3.05, 3.63) is 58.1 Å². The van der Waals surface area contributed by atoms with Crippen LogP contribution in [-0.2, 0) is 15.8 Å². The fourth-order valence-corrected chi connectivity index (χ4v) is 3.32. The Morgan fingerprint density at radius 3 is 2.57 bits per heavy atom. The summed E-state index contributed by atoms with van der Waals surface area (Å²) >= 11 is 5.93. The minimum Gasteiger partial charge on any atom is -0.324 e. The number of benzene rings is 2. The average molecular weight is 411 g/mol. The van der Waals surface area contributed by atoms with Gasteiger partial charge in [0.2, 0.25) is 11.8 Å². The monoisotopic (exact) mass is 410 g/mol. The fourth-order valence-electron chi connectivity index (χ4n) is 3.16. The summed E-state index contributed by atoms with van der Waals surface area (Å²) in [5.74, 6) is -1.43. The van der Waals surface area contributed by atoms with Gasteiger partial charge in [-0.25, -0.2) is 0 Å². The molecule has 3 rings (SSSR count). The Labute approximate surface area is 165 Å². The van der Waals surface area contributed by atoms with Gasteiger partial charge in [0.25, 0.3) is 0 Å². The number of nitrogens with zero attached hydrogens (tertiary/aromatic N) is 1. The number of aryl methyl sites for hydroxylation is 2. The molecule has 1 fully saturated rings. The van der Waals surface area contributed by atoms with Crippen molar-refractivity contribution < 1.29 is 22.8 Å². The lowest BCUT2D eigenvalue weighted by Gasteiger charge is -2.20. The number of carbonyl (C=O) groups excluding carboxylic acids is 2. The molecule has 1 saturated heterocycles. The van der Waals surface area contributed by atoms with E-state index in [0.717, 1.165) is 35.0 Å².